The molecule has 0 saturated carbocycles. The molecule has 4 nitrogen and oxygen atoms in total. The van der Waals surface area contributed by atoms with Gasteiger partial charge in [0.2, 0.25) is 0 Å². The van der Waals surface area contributed by atoms with E-state index in [-0.39, 0.29) is 0 Å². The molecule has 0 amide bonds. The van der Waals surface area contributed by atoms with Crippen LogP contribution in [0.3, 0.4) is 0 Å². The first-order valence-electron chi connectivity index (χ1n) is 5.80. The van der Waals surface area contributed by atoms with Gasteiger partial charge in [0.25, 0.3) is 0 Å². The molecule has 2 N–H and O–H groups in total. The summed E-state index contributed by atoms with van der Waals surface area (Å²) in [7, 11) is 0. The number of nitrogens with zero attached hydrogens (tertiary/aromatic N) is 1. The van der Waals surface area contributed by atoms with Gasteiger partial charge in [0.15, 0.2) is 10.7 Å². The first kappa shape index (κ1) is 11.7. The molecule has 0 aliphatic rings. The van der Waals surface area contributed by atoms with Crippen molar-refractivity contribution in [2.24, 2.45) is 0 Å². The molecule has 0 aliphatic heterocycles. The first-order valence-corrected chi connectivity index (χ1v) is 6.21. The Balaban J connectivity index is 1.72. The summed E-state index contributed by atoms with van der Waals surface area (Å²) < 4.78 is 5.53. The molecular weight excluding hydrogens is 258 g/mol. The number of nitrogens with one attached hydrogen (secondary N) is 2. The van der Waals surface area contributed by atoms with Crippen LogP contribution in [0.5, 0.6) is 0 Å². The minimum atomic E-state index is 0.384. The van der Waals surface area contributed by atoms with Crippen LogP contribution in [0.25, 0.3) is 11.1 Å². The Hall–Kier alpha value is -2.40. The minimum Gasteiger partial charge on any atom is -0.423 e. The largest absolute Gasteiger partial charge is 0.423 e. The summed E-state index contributed by atoms with van der Waals surface area (Å²) in [5, 5.41) is 6.42. The molecule has 2 aromatic carbocycles. The van der Waals surface area contributed by atoms with Crippen molar-refractivity contribution in [2.75, 3.05) is 10.6 Å². The van der Waals surface area contributed by atoms with E-state index < -0.39 is 0 Å². The summed E-state index contributed by atoms with van der Waals surface area (Å²) in [6.45, 7) is 0. The van der Waals surface area contributed by atoms with Gasteiger partial charge >= 0.3 is 6.01 Å². The number of thiocarbonyl (C=S) groups is 1. The highest BCUT2D eigenvalue weighted by molar-refractivity contribution is 7.80. The van der Waals surface area contributed by atoms with Crippen LogP contribution < -0.4 is 10.6 Å². The van der Waals surface area contributed by atoms with E-state index in [1.165, 1.54) is 0 Å². The van der Waals surface area contributed by atoms with Gasteiger partial charge in [0.1, 0.15) is 5.52 Å². The SMILES string of the molecule is S=C(Nc1ccccc1)Nc1nc2ccccc2o1. The van der Waals surface area contributed by atoms with E-state index in [9.17, 15) is 0 Å². The molecule has 0 radical (unpaired) electrons. The predicted octanol–water partition coefficient (Wildman–Crippen LogP) is 3.64. The van der Waals surface area contributed by atoms with Crippen molar-refractivity contribution in [2.45, 2.75) is 0 Å². The van der Waals surface area contributed by atoms with E-state index in [0.29, 0.717) is 11.1 Å². The third kappa shape index (κ3) is 2.71. The lowest BCUT2D eigenvalue weighted by atomic mass is 10.3. The van der Waals surface area contributed by atoms with Gasteiger partial charge in [-0.15, -0.1) is 0 Å². The molecule has 1 aromatic heterocycles. The number of para-hydroxylation sites is 3. The molecule has 0 saturated heterocycles. The van der Waals surface area contributed by atoms with Crippen LogP contribution in [0.2, 0.25) is 0 Å². The highest BCUT2D eigenvalue weighted by atomic mass is 32.1. The molecule has 19 heavy (non-hydrogen) atoms. The van der Waals surface area contributed by atoms with Crippen molar-refractivity contribution >= 4 is 40.1 Å². The average Bonchev–Trinajstić information content (AvgIpc) is 2.81. The van der Waals surface area contributed by atoms with Crippen LogP contribution in [-0.4, -0.2) is 10.1 Å². The van der Waals surface area contributed by atoms with Gasteiger partial charge in [0.05, 0.1) is 0 Å². The van der Waals surface area contributed by atoms with E-state index >= 15 is 0 Å². The number of anilines is 2. The number of hydrogen-bond donors (Lipinski definition) is 2. The molecular formula is C14H11N3OS. The molecule has 0 spiro atoms. The van der Waals surface area contributed by atoms with Crippen molar-refractivity contribution in [3.63, 3.8) is 0 Å². The van der Waals surface area contributed by atoms with E-state index in [1.54, 1.807) is 0 Å². The van der Waals surface area contributed by atoms with Crippen molar-refractivity contribution in [1.82, 2.24) is 4.98 Å². The number of fused-ring (bicyclic) bond motifs is 1. The van der Waals surface area contributed by atoms with E-state index in [1.807, 2.05) is 54.6 Å². The topological polar surface area (TPSA) is 50.1 Å². The zero-order valence-corrected chi connectivity index (χ0v) is 10.8. The Morgan fingerprint density at radius 3 is 2.47 bits per heavy atom. The molecule has 0 bridgehead atoms. The van der Waals surface area contributed by atoms with Crippen molar-refractivity contribution in [1.29, 1.82) is 0 Å². The van der Waals surface area contributed by atoms with Crippen molar-refractivity contribution < 1.29 is 4.42 Å². The van der Waals surface area contributed by atoms with Crippen molar-refractivity contribution in [3.05, 3.63) is 54.6 Å². The molecule has 1 heterocycles. The summed E-state index contributed by atoms with van der Waals surface area (Å²) in [4.78, 5) is 4.29. The summed E-state index contributed by atoms with van der Waals surface area (Å²) >= 11 is 5.20. The second kappa shape index (κ2) is 5.07. The lowest BCUT2D eigenvalue weighted by Gasteiger charge is -2.06. The van der Waals surface area contributed by atoms with Gasteiger partial charge in [-0.1, -0.05) is 30.3 Å². The normalized spacial score (nSPS) is 10.3. The number of rotatable bonds is 2. The smallest absolute Gasteiger partial charge is 0.302 e. The molecule has 5 heteroatoms. The van der Waals surface area contributed by atoms with E-state index in [0.717, 1.165) is 16.8 Å². The van der Waals surface area contributed by atoms with Crippen LogP contribution in [0.1, 0.15) is 0 Å². The Labute approximate surface area is 115 Å². The minimum absolute atomic E-state index is 0.384. The van der Waals surface area contributed by atoms with Crippen LogP contribution >= 0.6 is 12.2 Å². The molecule has 94 valence electrons. The molecule has 0 atom stereocenters. The molecule has 0 unspecified atom stereocenters. The summed E-state index contributed by atoms with van der Waals surface area (Å²) in [5.41, 5.74) is 2.44. The van der Waals surface area contributed by atoms with Gasteiger partial charge in [-0.25, -0.2) is 0 Å². The Kier molecular flexibility index (Phi) is 3.12. The maximum absolute atomic E-state index is 5.53. The van der Waals surface area contributed by atoms with E-state index in [4.69, 9.17) is 16.6 Å². The summed E-state index contributed by atoms with van der Waals surface area (Å²) in [5.74, 6) is 0. The van der Waals surface area contributed by atoms with Crippen LogP contribution in [0, 0.1) is 0 Å². The van der Waals surface area contributed by atoms with Gasteiger partial charge in [-0.05, 0) is 36.5 Å². The quantitative estimate of drug-likeness (QED) is 0.696. The second-order valence-electron chi connectivity index (χ2n) is 3.93. The first-order chi connectivity index (χ1) is 9.31. The van der Waals surface area contributed by atoms with Gasteiger partial charge in [-0.3, -0.25) is 5.32 Å². The van der Waals surface area contributed by atoms with Crippen LogP contribution in [0.15, 0.2) is 59.0 Å². The molecule has 0 aliphatic carbocycles. The fourth-order valence-electron chi connectivity index (χ4n) is 1.71. The Bertz CT molecular complexity index is 676. The lowest BCUT2D eigenvalue weighted by Crippen LogP contribution is -2.19. The third-order valence-electron chi connectivity index (χ3n) is 2.55. The maximum atomic E-state index is 5.53. The predicted molar refractivity (Wildman–Crippen MR) is 80.3 cm³/mol. The van der Waals surface area contributed by atoms with E-state index in [2.05, 4.69) is 15.6 Å². The second-order valence-corrected chi connectivity index (χ2v) is 4.34. The van der Waals surface area contributed by atoms with Gasteiger partial charge < -0.3 is 9.73 Å². The number of hydrogen-bond acceptors (Lipinski definition) is 3. The zero-order valence-electron chi connectivity index (χ0n) is 9.96. The van der Waals surface area contributed by atoms with Gasteiger partial charge in [-0.2, -0.15) is 4.98 Å². The van der Waals surface area contributed by atoms with Crippen LogP contribution in [-0.2, 0) is 0 Å². The number of benzene rings is 2. The third-order valence-corrected chi connectivity index (χ3v) is 2.75. The fourth-order valence-corrected chi connectivity index (χ4v) is 1.91. The fraction of sp³-hybridized carbons (Fsp3) is 0. The molecule has 3 aromatic rings. The Morgan fingerprint density at radius 1 is 0.947 bits per heavy atom. The monoisotopic (exact) mass is 269 g/mol. The average molecular weight is 269 g/mol. The zero-order chi connectivity index (χ0) is 13.1. The number of aromatic nitrogens is 1. The van der Waals surface area contributed by atoms with Crippen molar-refractivity contribution in [3.8, 4) is 0 Å². The summed E-state index contributed by atoms with van der Waals surface area (Å²) in [6.07, 6.45) is 0. The van der Waals surface area contributed by atoms with Gasteiger partial charge in [0, 0.05) is 5.69 Å². The van der Waals surface area contributed by atoms with Crippen LogP contribution in [0.4, 0.5) is 11.7 Å². The summed E-state index contributed by atoms with van der Waals surface area (Å²) in [6, 6.07) is 17.6. The standard InChI is InChI=1S/C14H11N3OS/c19-14(15-10-6-2-1-3-7-10)17-13-16-11-8-4-5-9-12(11)18-13/h1-9H,(H2,15,16,17,19). The highest BCUT2D eigenvalue weighted by Gasteiger charge is 2.06. The lowest BCUT2D eigenvalue weighted by molar-refractivity contribution is 0.624. The maximum Gasteiger partial charge on any atom is 0.302 e. The number of oxazole rings is 1. The molecule has 3 rings (SSSR count). The Morgan fingerprint density at radius 2 is 1.68 bits per heavy atom. The molecule has 0 fully saturated rings. The highest BCUT2D eigenvalue weighted by Crippen LogP contribution is 2.18.